The molecule has 0 radical (unpaired) electrons. The maximum Gasteiger partial charge on any atom is 0.213 e. The monoisotopic (exact) mass is 270 g/mol. The fraction of sp³-hybridized carbons (Fsp3) is 0.333. The normalized spacial score (nSPS) is 11.8. The van der Waals surface area contributed by atoms with Crippen LogP contribution in [0.3, 0.4) is 0 Å². The smallest absolute Gasteiger partial charge is 0.213 e. The minimum atomic E-state index is -3.24. The van der Waals surface area contributed by atoms with E-state index in [9.17, 15) is 8.42 Å². The summed E-state index contributed by atoms with van der Waals surface area (Å²) in [5.41, 5.74) is 6.24. The van der Waals surface area contributed by atoms with Crippen LogP contribution in [0, 0.1) is 0 Å². The molecular formula is C9H14N6O2S. The first-order valence-electron chi connectivity index (χ1n) is 5.26. The third-order valence-electron chi connectivity index (χ3n) is 2.37. The summed E-state index contributed by atoms with van der Waals surface area (Å²) in [5.74, 6) is 0.748. The van der Waals surface area contributed by atoms with Crippen LogP contribution < -0.4 is 15.8 Å². The van der Waals surface area contributed by atoms with Gasteiger partial charge in [0, 0.05) is 18.9 Å². The van der Waals surface area contributed by atoms with Crippen LogP contribution in [0.2, 0.25) is 0 Å². The molecule has 2 rings (SSSR count). The largest absolute Gasteiger partial charge is 0.382 e. The van der Waals surface area contributed by atoms with Gasteiger partial charge in [0.25, 0.3) is 0 Å². The van der Waals surface area contributed by atoms with Gasteiger partial charge in [0.05, 0.1) is 11.9 Å². The Morgan fingerprint density at radius 1 is 1.50 bits per heavy atom. The zero-order valence-corrected chi connectivity index (χ0v) is 10.6. The van der Waals surface area contributed by atoms with E-state index in [1.54, 1.807) is 23.0 Å². The van der Waals surface area contributed by atoms with E-state index in [1.807, 2.05) is 0 Å². The molecule has 98 valence electrons. The van der Waals surface area contributed by atoms with E-state index in [-0.39, 0.29) is 12.3 Å². The Morgan fingerprint density at radius 3 is 3.00 bits per heavy atom. The number of hydrogen-bond acceptors (Lipinski definition) is 6. The molecule has 0 aliphatic heterocycles. The minimum absolute atomic E-state index is 0.0488. The molecule has 2 aromatic rings. The molecular weight excluding hydrogens is 256 g/mol. The van der Waals surface area contributed by atoms with Gasteiger partial charge in [-0.3, -0.25) is 0 Å². The number of nitrogens with two attached hydrogens (primary N) is 1. The molecule has 0 amide bonds. The van der Waals surface area contributed by atoms with E-state index in [4.69, 9.17) is 5.73 Å². The van der Waals surface area contributed by atoms with Crippen molar-refractivity contribution in [1.82, 2.24) is 19.1 Å². The standard InChI is InChI=1S/C9H14N6O2S/c1-11-18(16,17)5-3-12-8-9-13-2-4-15(9)6-7(10)14-8/h2,4,6,11H,3,5,10H2,1H3,(H,12,14). The Balaban J connectivity index is 2.14. The summed E-state index contributed by atoms with van der Waals surface area (Å²) in [6.07, 6.45) is 4.99. The van der Waals surface area contributed by atoms with Crippen LogP contribution in [0.4, 0.5) is 11.6 Å². The number of hydrogen-bond donors (Lipinski definition) is 3. The lowest BCUT2D eigenvalue weighted by Gasteiger charge is -2.08. The van der Waals surface area contributed by atoms with E-state index in [2.05, 4.69) is 20.0 Å². The average Bonchev–Trinajstić information content (AvgIpc) is 2.76. The molecule has 0 bridgehead atoms. The number of fused-ring (bicyclic) bond motifs is 1. The molecule has 0 aliphatic carbocycles. The molecule has 0 fully saturated rings. The number of rotatable bonds is 5. The molecule has 4 N–H and O–H groups in total. The number of nitrogens with zero attached hydrogens (tertiary/aromatic N) is 3. The van der Waals surface area contributed by atoms with E-state index in [1.165, 1.54) is 7.05 Å². The Hall–Kier alpha value is -1.87. The topological polar surface area (TPSA) is 114 Å². The summed E-state index contributed by atoms with van der Waals surface area (Å²) < 4.78 is 26.5. The predicted octanol–water partition coefficient (Wildman–Crippen LogP) is -0.727. The number of sulfonamides is 1. The van der Waals surface area contributed by atoms with Gasteiger partial charge in [-0.1, -0.05) is 0 Å². The predicted molar refractivity (Wildman–Crippen MR) is 68.7 cm³/mol. The number of imidazole rings is 1. The second-order valence-electron chi connectivity index (χ2n) is 3.62. The van der Waals surface area contributed by atoms with Crippen LogP contribution in [0.15, 0.2) is 18.6 Å². The first kappa shape index (κ1) is 12.6. The van der Waals surface area contributed by atoms with Gasteiger partial charge in [-0.25, -0.2) is 23.1 Å². The molecule has 0 aliphatic rings. The van der Waals surface area contributed by atoms with Gasteiger partial charge in [-0.2, -0.15) is 0 Å². The van der Waals surface area contributed by atoms with E-state index >= 15 is 0 Å². The van der Waals surface area contributed by atoms with Crippen molar-refractivity contribution >= 4 is 27.3 Å². The van der Waals surface area contributed by atoms with Crippen molar-refractivity contribution in [2.75, 3.05) is 30.4 Å². The van der Waals surface area contributed by atoms with E-state index in [0.29, 0.717) is 17.3 Å². The maximum atomic E-state index is 11.3. The first-order valence-corrected chi connectivity index (χ1v) is 6.91. The van der Waals surface area contributed by atoms with E-state index in [0.717, 1.165) is 0 Å². The zero-order valence-electron chi connectivity index (χ0n) is 9.79. The molecule has 8 nitrogen and oxygen atoms in total. The van der Waals surface area contributed by atoms with Crippen molar-refractivity contribution < 1.29 is 8.42 Å². The van der Waals surface area contributed by atoms with Gasteiger partial charge in [0.15, 0.2) is 11.5 Å². The number of anilines is 2. The van der Waals surface area contributed by atoms with Gasteiger partial charge in [-0.15, -0.1) is 0 Å². The number of aromatic nitrogens is 3. The van der Waals surface area contributed by atoms with E-state index < -0.39 is 10.0 Å². The average molecular weight is 270 g/mol. The van der Waals surface area contributed by atoms with Gasteiger partial charge in [0.2, 0.25) is 10.0 Å². The Kier molecular flexibility index (Phi) is 3.34. The van der Waals surface area contributed by atoms with Crippen LogP contribution >= 0.6 is 0 Å². The maximum absolute atomic E-state index is 11.3. The Bertz CT molecular complexity index is 650. The van der Waals surface area contributed by atoms with Gasteiger partial charge >= 0.3 is 0 Å². The molecule has 0 spiro atoms. The summed E-state index contributed by atoms with van der Waals surface area (Å²) in [6, 6.07) is 0. The van der Waals surface area contributed by atoms with Crippen molar-refractivity contribution in [2.45, 2.75) is 0 Å². The highest BCUT2D eigenvalue weighted by atomic mass is 32.2. The Labute approximate surface area is 104 Å². The summed E-state index contributed by atoms with van der Waals surface area (Å²) in [7, 11) is -1.86. The van der Waals surface area contributed by atoms with Crippen LogP contribution in [-0.4, -0.2) is 42.1 Å². The molecule has 0 saturated carbocycles. The molecule has 0 atom stereocenters. The van der Waals surface area contributed by atoms with Crippen molar-refractivity contribution in [3.8, 4) is 0 Å². The first-order chi connectivity index (χ1) is 8.52. The minimum Gasteiger partial charge on any atom is -0.382 e. The second-order valence-corrected chi connectivity index (χ2v) is 5.67. The Morgan fingerprint density at radius 2 is 2.28 bits per heavy atom. The highest BCUT2D eigenvalue weighted by molar-refractivity contribution is 7.89. The quantitative estimate of drug-likeness (QED) is 0.660. The third-order valence-corrected chi connectivity index (χ3v) is 3.73. The molecule has 9 heteroatoms. The number of nitrogens with one attached hydrogen (secondary N) is 2. The fourth-order valence-electron chi connectivity index (χ4n) is 1.48. The molecule has 0 saturated heterocycles. The molecule has 0 aromatic carbocycles. The number of nitrogen functional groups attached to an aromatic ring is 1. The molecule has 2 heterocycles. The highest BCUT2D eigenvalue weighted by Gasteiger charge is 2.09. The summed E-state index contributed by atoms with van der Waals surface area (Å²) >= 11 is 0. The molecule has 2 aromatic heterocycles. The van der Waals surface area contributed by atoms with Crippen molar-refractivity contribution in [3.05, 3.63) is 18.6 Å². The van der Waals surface area contributed by atoms with Gasteiger partial charge in [0.1, 0.15) is 5.82 Å². The second kappa shape index (κ2) is 4.78. The summed E-state index contributed by atoms with van der Waals surface area (Å²) in [5, 5.41) is 2.91. The van der Waals surface area contributed by atoms with Crippen molar-refractivity contribution in [3.63, 3.8) is 0 Å². The highest BCUT2D eigenvalue weighted by Crippen LogP contribution is 2.13. The lowest BCUT2D eigenvalue weighted by molar-refractivity contribution is 0.588. The van der Waals surface area contributed by atoms with Crippen LogP contribution in [0.25, 0.3) is 5.65 Å². The third kappa shape index (κ3) is 2.68. The van der Waals surface area contributed by atoms with Crippen LogP contribution in [-0.2, 0) is 10.0 Å². The lowest BCUT2D eigenvalue weighted by atomic mass is 10.5. The zero-order chi connectivity index (χ0) is 13.2. The summed E-state index contributed by atoms with van der Waals surface area (Å²) in [6.45, 7) is 0.224. The van der Waals surface area contributed by atoms with Gasteiger partial charge in [-0.05, 0) is 7.05 Å². The van der Waals surface area contributed by atoms with Crippen molar-refractivity contribution in [2.24, 2.45) is 0 Å². The van der Waals surface area contributed by atoms with Crippen LogP contribution in [0.1, 0.15) is 0 Å². The lowest BCUT2D eigenvalue weighted by Crippen LogP contribution is -2.26. The molecule has 0 unspecified atom stereocenters. The van der Waals surface area contributed by atoms with Crippen LogP contribution in [0.5, 0.6) is 0 Å². The summed E-state index contributed by atoms with van der Waals surface area (Å²) in [4.78, 5) is 8.20. The molecule has 18 heavy (non-hydrogen) atoms. The SMILES string of the molecule is CNS(=O)(=O)CCNc1nc(N)cn2ccnc12. The fourth-order valence-corrected chi connectivity index (χ4v) is 2.05. The van der Waals surface area contributed by atoms with Crippen molar-refractivity contribution in [1.29, 1.82) is 0 Å². The van der Waals surface area contributed by atoms with Gasteiger partial charge < -0.3 is 15.5 Å².